The van der Waals surface area contributed by atoms with E-state index in [2.05, 4.69) is 17.6 Å². The van der Waals surface area contributed by atoms with Crippen LogP contribution in [0.5, 0.6) is 0 Å². The second-order valence-corrected chi connectivity index (χ2v) is 9.24. The van der Waals surface area contributed by atoms with Gasteiger partial charge >= 0.3 is 5.97 Å². The predicted octanol–water partition coefficient (Wildman–Crippen LogP) is 5.89. The number of nitrogens with one attached hydrogen (secondary N) is 2. The highest BCUT2D eigenvalue weighted by atomic mass is 35.5. The van der Waals surface area contributed by atoms with Gasteiger partial charge in [-0.05, 0) is 79.9 Å². The molecular weight excluding hydrogens is 518 g/mol. The van der Waals surface area contributed by atoms with E-state index in [0.29, 0.717) is 22.5 Å². The van der Waals surface area contributed by atoms with Crippen molar-refractivity contribution in [3.8, 4) is 0 Å². The van der Waals surface area contributed by atoms with E-state index in [0.717, 1.165) is 24.2 Å². The van der Waals surface area contributed by atoms with Gasteiger partial charge in [-0.15, -0.1) is 0 Å². The molecule has 8 nitrogen and oxygen atoms in total. The molecule has 0 radical (unpaired) electrons. The summed E-state index contributed by atoms with van der Waals surface area (Å²) in [4.78, 5) is 51.6. The highest BCUT2D eigenvalue weighted by Crippen LogP contribution is 2.30. The first-order valence-electron chi connectivity index (χ1n) is 12.7. The number of nitrogens with zero attached hydrogens (tertiary/aromatic N) is 1. The van der Waals surface area contributed by atoms with Gasteiger partial charge in [0.2, 0.25) is 0 Å². The lowest BCUT2D eigenvalue weighted by Crippen LogP contribution is -2.32. The van der Waals surface area contributed by atoms with Crippen LogP contribution in [-0.4, -0.2) is 30.3 Å². The van der Waals surface area contributed by atoms with Gasteiger partial charge in [0.15, 0.2) is 0 Å². The zero-order chi connectivity index (χ0) is 27.9. The number of unbranched alkanes of at least 4 members (excludes halogenated alkanes) is 1. The van der Waals surface area contributed by atoms with E-state index >= 15 is 0 Å². The van der Waals surface area contributed by atoms with Crippen molar-refractivity contribution in [1.29, 1.82) is 0 Å². The van der Waals surface area contributed by atoms with Gasteiger partial charge in [0.05, 0.1) is 17.9 Å². The average molecular weight is 546 g/mol. The van der Waals surface area contributed by atoms with Crippen LogP contribution in [0.4, 0.5) is 17.1 Å². The summed E-state index contributed by atoms with van der Waals surface area (Å²) in [7, 11) is 0. The third-order valence-corrected chi connectivity index (χ3v) is 6.44. The van der Waals surface area contributed by atoms with E-state index in [1.165, 1.54) is 29.8 Å². The van der Waals surface area contributed by atoms with Gasteiger partial charge in [0, 0.05) is 16.9 Å². The number of benzene rings is 3. The van der Waals surface area contributed by atoms with E-state index in [1.54, 1.807) is 31.2 Å². The molecule has 3 amide bonds. The number of amides is 3. The molecule has 4 rings (SSSR count). The Morgan fingerprint density at radius 3 is 2.26 bits per heavy atom. The molecule has 1 aliphatic heterocycles. The molecule has 0 saturated heterocycles. The maximum Gasteiger partial charge on any atom is 0.338 e. The van der Waals surface area contributed by atoms with Crippen molar-refractivity contribution in [2.75, 3.05) is 22.1 Å². The quantitative estimate of drug-likeness (QED) is 0.243. The SMILES string of the molecule is CCCCc1ccc(NC(=O)c2cccc(NC3=C(Cl)C(=O)N(c4ccc(C(=O)OCC)cc4)C3=O)c2)cc1. The molecule has 0 spiro atoms. The zero-order valence-corrected chi connectivity index (χ0v) is 22.4. The van der Waals surface area contributed by atoms with Crippen LogP contribution in [0, 0.1) is 0 Å². The van der Waals surface area contributed by atoms with Crippen molar-refractivity contribution in [1.82, 2.24) is 0 Å². The van der Waals surface area contributed by atoms with Crippen LogP contribution in [0.2, 0.25) is 0 Å². The molecule has 0 unspecified atom stereocenters. The second-order valence-electron chi connectivity index (χ2n) is 8.86. The lowest BCUT2D eigenvalue weighted by atomic mass is 10.1. The van der Waals surface area contributed by atoms with Crippen LogP contribution < -0.4 is 15.5 Å². The van der Waals surface area contributed by atoms with Gasteiger partial charge in [0.1, 0.15) is 10.7 Å². The van der Waals surface area contributed by atoms with E-state index in [9.17, 15) is 19.2 Å². The van der Waals surface area contributed by atoms with Gasteiger partial charge in [-0.1, -0.05) is 43.1 Å². The van der Waals surface area contributed by atoms with Crippen molar-refractivity contribution < 1.29 is 23.9 Å². The van der Waals surface area contributed by atoms with Crippen molar-refractivity contribution >= 4 is 52.4 Å². The number of rotatable bonds is 10. The lowest BCUT2D eigenvalue weighted by molar-refractivity contribution is -0.120. The summed E-state index contributed by atoms with van der Waals surface area (Å²) in [5.74, 6) is -2.19. The number of anilines is 3. The van der Waals surface area contributed by atoms with Crippen LogP contribution in [-0.2, 0) is 20.7 Å². The highest BCUT2D eigenvalue weighted by Gasteiger charge is 2.39. The third-order valence-electron chi connectivity index (χ3n) is 6.09. The van der Waals surface area contributed by atoms with Crippen LogP contribution in [0.1, 0.15) is 53.0 Å². The molecule has 0 aliphatic carbocycles. The molecule has 2 N–H and O–H groups in total. The Morgan fingerprint density at radius 2 is 1.59 bits per heavy atom. The van der Waals surface area contributed by atoms with Crippen molar-refractivity contribution in [2.45, 2.75) is 33.1 Å². The Labute approximate surface area is 231 Å². The van der Waals surface area contributed by atoms with Gasteiger partial charge in [-0.25, -0.2) is 9.69 Å². The summed E-state index contributed by atoms with van der Waals surface area (Å²) in [6, 6.07) is 20.1. The first-order chi connectivity index (χ1) is 18.8. The topological polar surface area (TPSA) is 105 Å². The average Bonchev–Trinajstić information content (AvgIpc) is 3.15. The smallest absolute Gasteiger partial charge is 0.338 e. The van der Waals surface area contributed by atoms with Crippen LogP contribution in [0.3, 0.4) is 0 Å². The first-order valence-corrected chi connectivity index (χ1v) is 13.0. The highest BCUT2D eigenvalue weighted by molar-refractivity contribution is 6.53. The molecule has 0 aromatic heterocycles. The predicted molar refractivity (Wildman–Crippen MR) is 151 cm³/mol. The van der Waals surface area contributed by atoms with E-state index < -0.39 is 17.8 Å². The Hall–Kier alpha value is -4.43. The molecule has 0 atom stereocenters. The fourth-order valence-electron chi connectivity index (χ4n) is 4.03. The first kappa shape index (κ1) is 27.6. The fraction of sp³-hybridized carbons (Fsp3) is 0.200. The van der Waals surface area contributed by atoms with Crippen LogP contribution in [0.15, 0.2) is 83.5 Å². The molecule has 3 aromatic rings. The zero-order valence-electron chi connectivity index (χ0n) is 21.6. The second kappa shape index (κ2) is 12.4. The van der Waals surface area contributed by atoms with Crippen LogP contribution >= 0.6 is 11.6 Å². The molecule has 0 saturated carbocycles. The Kier molecular flexibility index (Phi) is 8.78. The lowest BCUT2D eigenvalue weighted by Gasteiger charge is -2.15. The minimum atomic E-state index is -0.704. The summed E-state index contributed by atoms with van der Waals surface area (Å²) in [5, 5.41) is 5.47. The van der Waals surface area contributed by atoms with E-state index in [4.69, 9.17) is 16.3 Å². The molecule has 0 bridgehead atoms. The van der Waals surface area contributed by atoms with Gasteiger partial charge < -0.3 is 15.4 Å². The van der Waals surface area contributed by atoms with Crippen LogP contribution in [0.25, 0.3) is 0 Å². The Balaban J connectivity index is 1.45. The van der Waals surface area contributed by atoms with Gasteiger partial charge in [-0.3, -0.25) is 14.4 Å². The van der Waals surface area contributed by atoms with E-state index in [1.807, 2.05) is 24.3 Å². The molecular formula is C30H28ClN3O5. The number of esters is 1. The van der Waals surface area contributed by atoms with E-state index in [-0.39, 0.29) is 28.9 Å². The minimum absolute atomic E-state index is 0.114. The molecule has 1 heterocycles. The molecule has 0 fully saturated rings. The third kappa shape index (κ3) is 6.35. The summed E-state index contributed by atoms with van der Waals surface area (Å²) >= 11 is 6.25. The van der Waals surface area contributed by atoms with Gasteiger partial charge in [-0.2, -0.15) is 0 Å². The number of hydrogen-bond donors (Lipinski definition) is 2. The maximum absolute atomic E-state index is 13.1. The molecule has 39 heavy (non-hydrogen) atoms. The number of halogens is 1. The summed E-state index contributed by atoms with van der Waals surface area (Å²) in [5.41, 5.74) is 3.08. The number of carbonyl (C=O) groups excluding carboxylic acids is 4. The Morgan fingerprint density at radius 1 is 0.872 bits per heavy atom. The number of carbonyl (C=O) groups is 4. The summed E-state index contributed by atoms with van der Waals surface area (Å²) in [6.45, 7) is 4.07. The number of ether oxygens (including phenoxy) is 1. The number of aryl methyl sites for hydroxylation is 1. The number of hydrogen-bond acceptors (Lipinski definition) is 6. The van der Waals surface area contributed by atoms with Crippen molar-refractivity contribution in [3.63, 3.8) is 0 Å². The van der Waals surface area contributed by atoms with Gasteiger partial charge in [0.25, 0.3) is 17.7 Å². The monoisotopic (exact) mass is 545 g/mol. The standard InChI is InChI=1S/C30H28ClN3O5/c1-3-5-7-19-10-14-22(15-11-19)33-27(35)21-8-6-9-23(18-21)32-26-25(31)28(36)34(29(26)37)24-16-12-20(13-17-24)30(38)39-4-2/h6,8-18,32H,3-5,7H2,1-2H3,(H,33,35). The minimum Gasteiger partial charge on any atom is -0.462 e. The number of imide groups is 1. The summed E-state index contributed by atoms with van der Waals surface area (Å²) in [6.07, 6.45) is 3.22. The normalized spacial score (nSPS) is 13.1. The molecule has 1 aliphatic rings. The molecule has 200 valence electrons. The Bertz CT molecular complexity index is 1430. The van der Waals surface area contributed by atoms with Crippen molar-refractivity contribution in [2.24, 2.45) is 0 Å². The maximum atomic E-state index is 13.1. The largest absolute Gasteiger partial charge is 0.462 e. The van der Waals surface area contributed by atoms with Crippen molar-refractivity contribution in [3.05, 3.63) is 100 Å². The molecule has 3 aromatic carbocycles. The molecule has 9 heteroatoms. The summed E-state index contributed by atoms with van der Waals surface area (Å²) < 4.78 is 4.96. The fourth-order valence-corrected chi connectivity index (χ4v) is 4.24.